The van der Waals surface area contributed by atoms with E-state index in [0.29, 0.717) is 0 Å². The van der Waals surface area contributed by atoms with Gasteiger partial charge in [0.05, 0.1) is 10.7 Å². The highest BCUT2D eigenvalue weighted by Crippen LogP contribution is 2.22. The molecule has 0 saturated carbocycles. The van der Waals surface area contributed by atoms with Gasteiger partial charge in [0, 0.05) is 11.4 Å². The van der Waals surface area contributed by atoms with Crippen LogP contribution in [0.25, 0.3) is 0 Å². The Bertz CT molecular complexity index is 554. The van der Waals surface area contributed by atoms with Gasteiger partial charge >= 0.3 is 0 Å². The Kier molecular flexibility index (Phi) is 4.50. The van der Waals surface area contributed by atoms with Crippen molar-refractivity contribution in [3.8, 4) is 5.75 Å². The van der Waals surface area contributed by atoms with E-state index in [1.807, 2.05) is 12.3 Å². The minimum atomic E-state index is -0.388. The van der Waals surface area contributed by atoms with Crippen molar-refractivity contribution < 1.29 is 9.13 Å². The molecular weight excluding hydrogens is 263 g/mol. The number of halogens is 1. The molecule has 0 fully saturated rings. The summed E-state index contributed by atoms with van der Waals surface area (Å²) in [5, 5.41) is 3.00. The maximum absolute atomic E-state index is 13.8. The minimum Gasteiger partial charge on any atom is -0.484 e. The number of hydrogen-bond donors (Lipinski definition) is 1. The first-order valence-corrected chi connectivity index (χ1v) is 7.09. The Morgan fingerprint density at radius 1 is 1.47 bits per heavy atom. The zero-order valence-electron chi connectivity index (χ0n) is 11.0. The quantitative estimate of drug-likeness (QED) is 0.912. The number of benzene rings is 1. The first kappa shape index (κ1) is 14.0. The van der Waals surface area contributed by atoms with Gasteiger partial charge < -0.3 is 10.5 Å². The van der Waals surface area contributed by atoms with Crippen molar-refractivity contribution in [1.29, 1.82) is 0 Å². The molecule has 0 spiro atoms. The number of hydrogen-bond acceptors (Lipinski definition) is 4. The first-order valence-electron chi connectivity index (χ1n) is 6.21. The van der Waals surface area contributed by atoms with Crippen LogP contribution in [0.4, 0.5) is 4.39 Å². The van der Waals surface area contributed by atoms with Crippen molar-refractivity contribution in [1.82, 2.24) is 4.98 Å². The lowest BCUT2D eigenvalue weighted by molar-refractivity contribution is 0.286. The molecule has 1 atom stereocenters. The maximum Gasteiger partial charge on any atom is 0.165 e. The van der Waals surface area contributed by atoms with E-state index in [4.69, 9.17) is 10.5 Å². The molecule has 0 saturated heterocycles. The molecule has 102 valence electrons. The molecule has 0 radical (unpaired) electrons. The standard InChI is InChI=1S/C14H17FN2OS/c1-3-14-17-11(8-19-14)7-18-13-5-4-10(9(2)16)6-12(13)15/h4-6,8-9H,3,7,16H2,1-2H3/t9-/m0/s1. The molecule has 0 aliphatic rings. The van der Waals surface area contributed by atoms with Crippen LogP contribution in [-0.2, 0) is 13.0 Å². The predicted molar refractivity (Wildman–Crippen MR) is 74.8 cm³/mol. The highest BCUT2D eigenvalue weighted by atomic mass is 32.1. The van der Waals surface area contributed by atoms with Crippen molar-refractivity contribution in [2.75, 3.05) is 0 Å². The van der Waals surface area contributed by atoms with Crippen LogP contribution >= 0.6 is 11.3 Å². The van der Waals surface area contributed by atoms with E-state index in [0.717, 1.165) is 22.7 Å². The Morgan fingerprint density at radius 3 is 2.84 bits per heavy atom. The predicted octanol–water partition coefficient (Wildman–Crippen LogP) is 3.44. The zero-order chi connectivity index (χ0) is 13.8. The molecule has 5 heteroatoms. The van der Waals surface area contributed by atoms with Gasteiger partial charge in [-0.15, -0.1) is 11.3 Å². The van der Waals surface area contributed by atoms with E-state index >= 15 is 0 Å². The lowest BCUT2D eigenvalue weighted by atomic mass is 10.1. The van der Waals surface area contributed by atoms with Gasteiger partial charge in [-0.3, -0.25) is 0 Å². The Morgan fingerprint density at radius 2 is 2.26 bits per heavy atom. The van der Waals surface area contributed by atoms with Crippen molar-refractivity contribution in [2.45, 2.75) is 32.9 Å². The van der Waals surface area contributed by atoms with Crippen LogP contribution in [0.2, 0.25) is 0 Å². The maximum atomic E-state index is 13.8. The monoisotopic (exact) mass is 280 g/mol. The molecule has 0 amide bonds. The largest absolute Gasteiger partial charge is 0.484 e. The van der Waals surface area contributed by atoms with Gasteiger partial charge in [-0.2, -0.15) is 0 Å². The van der Waals surface area contributed by atoms with Gasteiger partial charge in [-0.25, -0.2) is 9.37 Å². The average Bonchev–Trinajstić information content (AvgIpc) is 2.85. The van der Waals surface area contributed by atoms with Gasteiger partial charge in [0.25, 0.3) is 0 Å². The third-order valence-corrected chi connectivity index (χ3v) is 3.80. The minimum absolute atomic E-state index is 0.186. The number of rotatable bonds is 5. The van der Waals surface area contributed by atoms with Gasteiger partial charge in [-0.05, 0) is 31.0 Å². The molecule has 2 N–H and O–H groups in total. The van der Waals surface area contributed by atoms with E-state index in [-0.39, 0.29) is 24.2 Å². The van der Waals surface area contributed by atoms with E-state index in [1.54, 1.807) is 23.5 Å². The van der Waals surface area contributed by atoms with Crippen LogP contribution in [0.5, 0.6) is 5.75 Å². The molecule has 0 unspecified atom stereocenters. The summed E-state index contributed by atoms with van der Waals surface area (Å²) < 4.78 is 19.2. The van der Waals surface area contributed by atoms with Gasteiger partial charge in [-0.1, -0.05) is 13.0 Å². The topological polar surface area (TPSA) is 48.1 Å². The fraction of sp³-hybridized carbons (Fsp3) is 0.357. The summed E-state index contributed by atoms with van der Waals surface area (Å²) in [5.74, 6) is -0.156. The highest BCUT2D eigenvalue weighted by molar-refractivity contribution is 7.09. The molecule has 0 aliphatic carbocycles. The third-order valence-electron chi connectivity index (χ3n) is 2.76. The number of nitrogens with two attached hydrogens (primary N) is 1. The lowest BCUT2D eigenvalue weighted by Crippen LogP contribution is -2.06. The number of nitrogens with zero attached hydrogens (tertiary/aromatic N) is 1. The molecule has 1 aromatic heterocycles. The Balaban J connectivity index is 2.03. The Labute approximate surface area is 116 Å². The molecule has 3 nitrogen and oxygen atoms in total. The van der Waals surface area contributed by atoms with Gasteiger partial charge in [0.1, 0.15) is 6.61 Å². The summed E-state index contributed by atoms with van der Waals surface area (Å²) in [7, 11) is 0. The van der Waals surface area contributed by atoms with Crippen molar-refractivity contribution >= 4 is 11.3 Å². The number of thiazole rings is 1. The van der Waals surface area contributed by atoms with Gasteiger partial charge in [0.2, 0.25) is 0 Å². The summed E-state index contributed by atoms with van der Waals surface area (Å²) in [6.45, 7) is 4.15. The van der Waals surface area contributed by atoms with E-state index in [2.05, 4.69) is 11.9 Å². The normalized spacial score (nSPS) is 12.4. The van der Waals surface area contributed by atoms with Crippen LogP contribution in [0.15, 0.2) is 23.6 Å². The summed E-state index contributed by atoms with van der Waals surface area (Å²) in [6, 6.07) is 4.62. The summed E-state index contributed by atoms with van der Waals surface area (Å²) in [4.78, 5) is 4.37. The van der Waals surface area contributed by atoms with Crippen LogP contribution in [0.1, 0.15) is 36.2 Å². The van der Waals surface area contributed by atoms with Crippen molar-refractivity contribution in [3.05, 3.63) is 45.7 Å². The summed E-state index contributed by atoms with van der Waals surface area (Å²) in [5.41, 5.74) is 7.29. The molecule has 1 aromatic carbocycles. The van der Waals surface area contributed by atoms with Crippen LogP contribution in [-0.4, -0.2) is 4.98 Å². The second-order valence-electron chi connectivity index (χ2n) is 4.35. The Hall–Kier alpha value is -1.46. The number of aromatic nitrogens is 1. The molecule has 19 heavy (non-hydrogen) atoms. The molecule has 0 aliphatic heterocycles. The molecule has 2 aromatic rings. The lowest BCUT2D eigenvalue weighted by Gasteiger charge is -2.09. The smallest absolute Gasteiger partial charge is 0.165 e. The van der Waals surface area contributed by atoms with E-state index in [9.17, 15) is 4.39 Å². The first-order chi connectivity index (χ1) is 9.10. The second kappa shape index (κ2) is 6.12. The van der Waals surface area contributed by atoms with Crippen molar-refractivity contribution in [3.63, 3.8) is 0 Å². The van der Waals surface area contributed by atoms with E-state index in [1.165, 1.54) is 6.07 Å². The fourth-order valence-electron chi connectivity index (χ4n) is 1.65. The summed E-state index contributed by atoms with van der Waals surface area (Å²) in [6.07, 6.45) is 0.905. The second-order valence-corrected chi connectivity index (χ2v) is 5.30. The SMILES string of the molecule is CCc1nc(COc2ccc([C@H](C)N)cc2F)cs1. The summed E-state index contributed by atoms with van der Waals surface area (Å²) >= 11 is 1.59. The average molecular weight is 280 g/mol. The van der Waals surface area contributed by atoms with Crippen LogP contribution < -0.4 is 10.5 Å². The molecule has 1 heterocycles. The van der Waals surface area contributed by atoms with Gasteiger partial charge in [0.15, 0.2) is 11.6 Å². The van der Waals surface area contributed by atoms with E-state index < -0.39 is 0 Å². The number of ether oxygens (including phenoxy) is 1. The highest BCUT2D eigenvalue weighted by Gasteiger charge is 2.08. The van der Waals surface area contributed by atoms with Crippen LogP contribution in [0, 0.1) is 5.82 Å². The van der Waals surface area contributed by atoms with Crippen molar-refractivity contribution in [2.24, 2.45) is 5.73 Å². The number of aryl methyl sites for hydroxylation is 1. The van der Waals surface area contributed by atoms with Crippen LogP contribution in [0.3, 0.4) is 0 Å². The molecule has 0 bridgehead atoms. The third kappa shape index (κ3) is 3.52. The molecular formula is C14H17FN2OS. The molecule has 2 rings (SSSR count). The zero-order valence-corrected chi connectivity index (χ0v) is 11.8. The fourth-order valence-corrected chi connectivity index (χ4v) is 2.38.